The molecular formula is C20H25N3O3. The molecule has 2 aromatic rings. The molecule has 1 aromatic heterocycles. The first-order valence-corrected chi connectivity index (χ1v) is 8.94. The number of nitrogens with zero attached hydrogens (tertiary/aromatic N) is 2. The SMILES string of the molecule is CCOc1cc2c(cc1NC(=O)CCN(C)c1ccncc1)OC(C)C2. The van der Waals surface area contributed by atoms with Crippen LogP contribution in [0, 0.1) is 0 Å². The van der Waals surface area contributed by atoms with Crippen molar-refractivity contribution < 1.29 is 14.3 Å². The van der Waals surface area contributed by atoms with Gasteiger partial charge >= 0.3 is 0 Å². The van der Waals surface area contributed by atoms with Gasteiger partial charge in [0.15, 0.2) is 0 Å². The highest BCUT2D eigenvalue weighted by Crippen LogP contribution is 2.38. The van der Waals surface area contributed by atoms with Crippen LogP contribution in [0.2, 0.25) is 0 Å². The van der Waals surface area contributed by atoms with Crippen LogP contribution in [0.5, 0.6) is 11.5 Å². The third kappa shape index (κ3) is 4.25. The van der Waals surface area contributed by atoms with E-state index >= 15 is 0 Å². The minimum Gasteiger partial charge on any atom is -0.492 e. The smallest absolute Gasteiger partial charge is 0.226 e. The lowest BCUT2D eigenvalue weighted by atomic mass is 10.1. The van der Waals surface area contributed by atoms with Gasteiger partial charge in [-0.2, -0.15) is 0 Å². The van der Waals surface area contributed by atoms with Gasteiger partial charge in [-0.3, -0.25) is 9.78 Å². The normalized spacial score (nSPS) is 15.1. The van der Waals surface area contributed by atoms with Gasteiger partial charge in [-0.1, -0.05) is 0 Å². The molecule has 0 bridgehead atoms. The highest BCUT2D eigenvalue weighted by Gasteiger charge is 2.22. The van der Waals surface area contributed by atoms with Crippen LogP contribution >= 0.6 is 0 Å². The second kappa shape index (κ2) is 8.08. The van der Waals surface area contributed by atoms with E-state index in [1.165, 1.54) is 0 Å². The quantitative estimate of drug-likeness (QED) is 0.826. The summed E-state index contributed by atoms with van der Waals surface area (Å²) in [5.41, 5.74) is 2.82. The van der Waals surface area contributed by atoms with Crippen molar-refractivity contribution in [3.8, 4) is 11.5 Å². The second-order valence-electron chi connectivity index (χ2n) is 6.45. The average molecular weight is 355 g/mol. The number of hydrogen-bond acceptors (Lipinski definition) is 5. The molecule has 138 valence electrons. The first-order valence-electron chi connectivity index (χ1n) is 8.94. The van der Waals surface area contributed by atoms with Crippen molar-refractivity contribution in [2.45, 2.75) is 32.8 Å². The van der Waals surface area contributed by atoms with Crippen molar-refractivity contribution in [2.75, 3.05) is 30.4 Å². The Morgan fingerprint density at radius 1 is 1.38 bits per heavy atom. The Labute approximate surface area is 154 Å². The minimum absolute atomic E-state index is 0.0575. The topological polar surface area (TPSA) is 63.7 Å². The van der Waals surface area contributed by atoms with Crippen LogP contribution in [0.4, 0.5) is 11.4 Å². The molecular weight excluding hydrogens is 330 g/mol. The maximum absolute atomic E-state index is 12.4. The third-order valence-corrected chi connectivity index (χ3v) is 4.35. The number of rotatable bonds is 7. The zero-order valence-corrected chi connectivity index (χ0v) is 15.5. The van der Waals surface area contributed by atoms with E-state index < -0.39 is 0 Å². The van der Waals surface area contributed by atoms with E-state index in [2.05, 4.69) is 10.3 Å². The maximum Gasteiger partial charge on any atom is 0.226 e. The Kier molecular flexibility index (Phi) is 5.61. The molecule has 2 heterocycles. The molecule has 0 radical (unpaired) electrons. The highest BCUT2D eigenvalue weighted by molar-refractivity contribution is 5.93. The lowest BCUT2D eigenvalue weighted by molar-refractivity contribution is -0.116. The van der Waals surface area contributed by atoms with Crippen molar-refractivity contribution in [2.24, 2.45) is 0 Å². The Morgan fingerprint density at radius 2 is 2.15 bits per heavy atom. The summed E-state index contributed by atoms with van der Waals surface area (Å²) < 4.78 is 11.5. The summed E-state index contributed by atoms with van der Waals surface area (Å²) in [5.74, 6) is 1.46. The maximum atomic E-state index is 12.4. The van der Waals surface area contributed by atoms with Gasteiger partial charge in [0.05, 0.1) is 12.3 Å². The number of benzene rings is 1. The lowest BCUT2D eigenvalue weighted by Crippen LogP contribution is -2.24. The van der Waals surface area contributed by atoms with Gasteiger partial charge < -0.3 is 19.7 Å². The minimum atomic E-state index is -0.0575. The summed E-state index contributed by atoms with van der Waals surface area (Å²) in [5, 5.41) is 2.96. The predicted octanol–water partition coefficient (Wildman–Crippen LogP) is 3.27. The van der Waals surface area contributed by atoms with Gasteiger partial charge in [0.2, 0.25) is 5.91 Å². The van der Waals surface area contributed by atoms with Crippen molar-refractivity contribution in [1.29, 1.82) is 0 Å². The molecule has 26 heavy (non-hydrogen) atoms. The fraction of sp³-hybridized carbons (Fsp3) is 0.400. The van der Waals surface area contributed by atoms with E-state index in [9.17, 15) is 4.79 Å². The Bertz CT molecular complexity index is 764. The summed E-state index contributed by atoms with van der Waals surface area (Å²) in [4.78, 5) is 18.5. The predicted molar refractivity (Wildman–Crippen MR) is 102 cm³/mol. The number of ether oxygens (including phenoxy) is 2. The molecule has 1 aliphatic heterocycles. The zero-order chi connectivity index (χ0) is 18.5. The monoisotopic (exact) mass is 355 g/mol. The molecule has 0 saturated carbocycles. The standard InChI is InChI=1S/C20H25N3O3/c1-4-25-19-12-15-11-14(2)26-18(15)13-17(19)22-20(24)7-10-23(3)16-5-8-21-9-6-16/h5-6,8-9,12-14H,4,7,10-11H2,1-3H3,(H,22,24). The molecule has 1 N–H and O–H groups in total. The van der Waals surface area contributed by atoms with Crippen LogP contribution < -0.4 is 19.7 Å². The number of anilines is 2. The van der Waals surface area contributed by atoms with Gasteiger partial charge in [0, 0.05) is 56.1 Å². The van der Waals surface area contributed by atoms with Gasteiger partial charge in [-0.25, -0.2) is 0 Å². The van der Waals surface area contributed by atoms with E-state index in [1.54, 1.807) is 12.4 Å². The number of fused-ring (bicyclic) bond motifs is 1. The van der Waals surface area contributed by atoms with E-state index in [-0.39, 0.29) is 12.0 Å². The van der Waals surface area contributed by atoms with E-state index in [0.717, 1.165) is 23.4 Å². The van der Waals surface area contributed by atoms with E-state index in [4.69, 9.17) is 9.47 Å². The molecule has 1 aromatic carbocycles. The van der Waals surface area contributed by atoms with Gasteiger partial charge in [-0.15, -0.1) is 0 Å². The summed E-state index contributed by atoms with van der Waals surface area (Å²) in [7, 11) is 1.96. The van der Waals surface area contributed by atoms with Crippen LogP contribution in [-0.2, 0) is 11.2 Å². The van der Waals surface area contributed by atoms with E-state index in [1.807, 2.05) is 50.1 Å². The summed E-state index contributed by atoms with van der Waals surface area (Å²) in [6.07, 6.45) is 4.87. The van der Waals surface area contributed by atoms with Gasteiger partial charge in [0.25, 0.3) is 0 Å². The third-order valence-electron chi connectivity index (χ3n) is 4.35. The molecule has 3 rings (SSSR count). The number of amides is 1. The van der Waals surface area contributed by atoms with Crippen molar-refractivity contribution in [3.63, 3.8) is 0 Å². The van der Waals surface area contributed by atoms with Crippen LogP contribution in [0.3, 0.4) is 0 Å². The first kappa shape index (κ1) is 18.0. The molecule has 1 amide bonds. The van der Waals surface area contributed by atoms with Crippen LogP contribution in [0.25, 0.3) is 0 Å². The summed E-state index contributed by atoms with van der Waals surface area (Å²) in [6.45, 7) is 5.12. The van der Waals surface area contributed by atoms with Gasteiger partial charge in [0.1, 0.15) is 17.6 Å². The molecule has 0 aliphatic carbocycles. The van der Waals surface area contributed by atoms with Crippen molar-refractivity contribution in [1.82, 2.24) is 4.98 Å². The van der Waals surface area contributed by atoms with Crippen molar-refractivity contribution >= 4 is 17.3 Å². The molecule has 0 saturated heterocycles. The highest BCUT2D eigenvalue weighted by atomic mass is 16.5. The fourth-order valence-electron chi connectivity index (χ4n) is 3.02. The molecule has 0 fully saturated rings. The number of pyridine rings is 1. The lowest BCUT2D eigenvalue weighted by Gasteiger charge is -2.19. The van der Waals surface area contributed by atoms with Gasteiger partial charge in [-0.05, 0) is 32.0 Å². The van der Waals surface area contributed by atoms with Crippen LogP contribution in [0.15, 0.2) is 36.7 Å². The summed E-state index contributed by atoms with van der Waals surface area (Å²) in [6, 6.07) is 7.68. The van der Waals surface area contributed by atoms with Crippen LogP contribution in [0.1, 0.15) is 25.8 Å². The molecule has 1 unspecified atom stereocenters. The molecule has 6 nitrogen and oxygen atoms in total. The largest absolute Gasteiger partial charge is 0.492 e. The van der Waals surface area contributed by atoms with Crippen LogP contribution in [-0.4, -0.2) is 37.2 Å². The molecule has 6 heteroatoms. The van der Waals surface area contributed by atoms with E-state index in [0.29, 0.717) is 31.0 Å². The second-order valence-corrected chi connectivity index (χ2v) is 6.45. The number of hydrogen-bond donors (Lipinski definition) is 1. The Balaban J connectivity index is 1.64. The Morgan fingerprint density at radius 3 is 2.88 bits per heavy atom. The fourth-order valence-corrected chi connectivity index (χ4v) is 3.02. The number of nitrogens with one attached hydrogen (secondary N) is 1. The first-order chi connectivity index (χ1) is 12.6. The van der Waals surface area contributed by atoms with Crippen molar-refractivity contribution in [3.05, 3.63) is 42.2 Å². The number of carbonyl (C=O) groups is 1. The number of aromatic nitrogens is 1. The molecule has 0 spiro atoms. The molecule has 1 aliphatic rings. The number of carbonyl (C=O) groups excluding carboxylic acids is 1. The Hall–Kier alpha value is -2.76. The average Bonchev–Trinajstić information content (AvgIpc) is 2.99. The zero-order valence-electron chi connectivity index (χ0n) is 15.5. The summed E-state index contributed by atoms with van der Waals surface area (Å²) >= 11 is 0. The molecule has 1 atom stereocenters.